The van der Waals surface area contributed by atoms with Crippen LogP contribution in [0.3, 0.4) is 0 Å². The summed E-state index contributed by atoms with van der Waals surface area (Å²) in [6.07, 6.45) is 2.17. The highest BCUT2D eigenvalue weighted by atomic mass is 16.5. The third kappa shape index (κ3) is 3.51. The van der Waals surface area contributed by atoms with Crippen LogP contribution in [0.1, 0.15) is 23.3 Å². The number of carboxylic acids is 1. The van der Waals surface area contributed by atoms with Gasteiger partial charge in [-0.2, -0.15) is 0 Å². The van der Waals surface area contributed by atoms with E-state index < -0.39 is 5.97 Å². The lowest BCUT2D eigenvalue weighted by molar-refractivity contribution is 0.0685. The van der Waals surface area contributed by atoms with Crippen LogP contribution in [0.15, 0.2) is 28.8 Å². The predicted molar refractivity (Wildman–Crippen MR) is 86.6 cm³/mol. The van der Waals surface area contributed by atoms with Crippen LogP contribution in [0.25, 0.3) is 11.3 Å². The number of hydrogen-bond donors (Lipinski definition) is 1. The van der Waals surface area contributed by atoms with Gasteiger partial charge in [-0.25, -0.2) is 4.79 Å². The van der Waals surface area contributed by atoms with Gasteiger partial charge in [0, 0.05) is 18.2 Å². The van der Waals surface area contributed by atoms with Gasteiger partial charge in [-0.3, -0.25) is 0 Å². The number of aromatic carboxylic acids is 1. The maximum absolute atomic E-state index is 10.9. The van der Waals surface area contributed by atoms with Crippen LogP contribution in [0.4, 0.5) is 0 Å². The SMILES string of the molecule is COc1ccc(-c2cc(C(=O)O)no2)cc1OC1CCCN(C)C1. The molecule has 128 valence electrons. The highest BCUT2D eigenvalue weighted by molar-refractivity contribution is 5.86. The zero-order chi connectivity index (χ0) is 17.1. The Morgan fingerprint density at radius 2 is 2.21 bits per heavy atom. The van der Waals surface area contributed by atoms with Crippen LogP contribution in [-0.4, -0.2) is 54.5 Å². The topological polar surface area (TPSA) is 85.0 Å². The molecule has 3 rings (SSSR count). The number of methoxy groups -OCH3 is 1. The Kier molecular flexibility index (Phi) is 4.71. The third-order valence-electron chi connectivity index (χ3n) is 4.05. The Hall–Kier alpha value is -2.54. The standard InChI is InChI=1S/C17H20N2O5/c1-19-7-3-4-12(10-19)23-16-8-11(5-6-14(16)22-2)15-9-13(17(20)21)18-24-15/h5-6,8-9,12H,3-4,7,10H2,1-2H3,(H,20,21). The second kappa shape index (κ2) is 6.92. The summed E-state index contributed by atoms with van der Waals surface area (Å²) < 4.78 is 16.6. The van der Waals surface area contributed by atoms with Crippen molar-refractivity contribution in [2.45, 2.75) is 18.9 Å². The highest BCUT2D eigenvalue weighted by Gasteiger charge is 2.21. The average Bonchev–Trinajstić information content (AvgIpc) is 3.05. The summed E-state index contributed by atoms with van der Waals surface area (Å²) in [6.45, 7) is 1.94. The first-order chi connectivity index (χ1) is 11.6. The maximum atomic E-state index is 10.9. The van der Waals surface area contributed by atoms with E-state index >= 15 is 0 Å². The van der Waals surface area contributed by atoms with Gasteiger partial charge in [0.25, 0.3) is 0 Å². The Labute approximate surface area is 139 Å². The first-order valence-corrected chi connectivity index (χ1v) is 7.80. The molecule has 1 N–H and O–H groups in total. The lowest BCUT2D eigenvalue weighted by atomic mass is 10.1. The Morgan fingerprint density at radius 1 is 1.38 bits per heavy atom. The van der Waals surface area contributed by atoms with Crippen molar-refractivity contribution in [1.82, 2.24) is 10.1 Å². The highest BCUT2D eigenvalue weighted by Crippen LogP contribution is 2.34. The molecule has 0 spiro atoms. The second-order valence-corrected chi connectivity index (χ2v) is 5.89. The van der Waals surface area contributed by atoms with Crippen LogP contribution < -0.4 is 9.47 Å². The average molecular weight is 332 g/mol. The van der Waals surface area contributed by atoms with Gasteiger partial charge < -0.3 is 24.0 Å². The van der Waals surface area contributed by atoms with Crippen molar-refractivity contribution in [3.8, 4) is 22.8 Å². The third-order valence-corrected chi connectivity index (χ3v) is 4.05. The normalized spacial score (nSPS) is 18.3. The fourth-order valence-corrected chi connectivity index (χ4v) is 2.83. The summed E-state index contributed by atoms with van der Waals surface area (Å²) >= 11 is 0. The largest absolute Gasteiger partial charge is 0.493 e. The van der Waals surface area contributed by atoms with Crippen molar-refractivity contribution >= 4 is 5.97 Å². The Morgan fingerprint density at radius 3 is 2.88 bits per heavy atom. The number of ether oxygens (including phenoxy) is 2. The molecule has 24 heavy (non-hydrogen) atoms. The first kappa shape index (κ1) is 16.3. The summed E-state index contributed by atoms with van der Waals surface area (Å²) in [4.78, 5) is 13.2. The van der Waals surface area contributed by atoms with Crippen LogP contribution in [0.2, 0.25) is 0 Å². The van der Waals surface area contributed by atoms with Crippen molar-refractivity contribution in [1.29, 1.82) is 0 Å². The minimum absolute atomic E-state index is 0.0946. The van der Waals surface area contributed by atoms with Crippen molar-refractivity contribution < 1.29 is 23.9 Å². The fraction of sp³-hybridized carbons (Fsp3) is 0.412. The monoisotopic (exact) mass is 332 g/mol. The summed E-state index contributed by atoms with van der Waals surface area (Å²) in [7, 11) is 3.66. The number of likely N-dealkylation sites (tertiary alicyclic amines) is 1. The van der Waals surface area contributed by atoms with Gasteiger partial charge in [-0.1, -0.05) is 5.16 Å². The van der Waals surface area contributed by atoms with E-state index in [1.165, 1.54) is 6.07 Å². The van der Waals surface area contributed by atoms with E-state index in [0.717, 1.165) is 25.9 Å². The molecule has 0 saturated carbocycles. The number of hydrogen-bond acceptors (Lipinski definition) is 6. The number of likely N-dealkylation sites (N-methyl/N-ethyl adjacent to an activating group) is 1. The molecule has 1 aromatic carbocycles. The van der Waals surface area contributed by atoms with Crippen LogP contribution in [-0.2, 0) is 0 Å². The molecule has 0 aliphatic carbocycles. The smallest absolute Gasteiger partial charge is 0.358 e. The molecular formula is C17H20N2O5. The molecule has 7 nitrogen and oxygen atoms in total. The molecule has 7 heteroatoms. The number of aromatic nitrogens is 1. The Bertz CT molecular complexity index is 728. The lowest BCUT2D eigenvalue weighted by Crippen LogP contribution is -2.38. The van der Waals surface area contributed by atoms with Crippen LogP contribution in [0, 0.1) is 0 Å². The zero-order valence-electron chi connectivity index (χ0n) is 13.7. The molecule has 0 amide bonds. The van der Waals surface area contributed by atoms with Gasteiger partial charge in [-0.05, 0) is 44.6 Å². The first-order valence-electron chi connectivity index (χ1n) is 7.80. The molecule has 2 heterocycles. The van der Waals surface area contributed by atoms with E-state index in [9.17, 15) is 4.79 Å². The minimum atomic E-state index is -1.12. The van der Waals surface area contributed by atoms with Gasteiger partial charge in [0.05, 0.1) is 7.11 Å². The molecule has 2 aromatic rings. The van der Waals surface area contributed by atoms with E-state index in [-0.39, 0.29) is 11.8 Å². The van der Waals surface area contributed by atoms with Gasteiger partial charge in [-0.15, -0.1) is 0 Å². The van der Waals surface area contributed by atoms with Crippen molar-refractivity contribution in [2.75, 3.05) is 27.2 Å². The van der Waals surface area contributed by atoms with Gasteiger partial charge >= 0.3 is 5.97 Å². The minimum Gasteiger partial charge on any atom is -0.493 e. The fourth-order valence-electron chi connectivity index (χ4n) is 2.83. The van der Waals surface area contributed by atoms with E-state index in [2.05, 4.69) is 17.1 Å². The number of carbonyl (C=O) groups is 1. The molecule has 0 bridgehead atoms. The zero-order valence-corrected chi connectivity index (χ0v) is 13.7. The van der Waals surface area contributed by atoms with Crippen LogP contribution >= 0.6 is 0 Å². The molecule has 0 radical (unpaired) electrons. The van der Waals surface area contributed by atoms with E-state index in [1.807, 2.05) is 0 Å². The summed E-state index contributed by atoms with van der Waals surface area (Å²) in [5, 5.41) is 12.5. The summed E-state index contributed by atoms with van der Waals surface area (Å²) in [5.74, 6) is 0.495. The summed E-state index contributed by atoms with van der Waals surface area (Å²) in [5.41, 5.74) is 0.562. The molecule has 1 aromatic heterocycles. The van der Waals surface area contributed by atoms with Crippen molar-refractivity contribution in [2.24, 2.45) is 0 Å². The van der Waals surface area contributed by atoms with E-state index in [1.54, 1.807) is 25.3 Å². The molecule has 1 saturated heterocycles. The summed E-state index contributed by atoms with van der Waals surface area (Å²) in [6, 6.07) is 6.74. The number of benzene rings is 1. The molecule has 1 unspecified atom stereocenters. The van der Waals surface area contributed by atoms with Gasteiger partial charge in [0.15, 0.2) is 23.0 Å². The number of rotatable bonds is 5. The molecule has 1 atom stereocenters. The van der Waals surface area contributed by atoms with Crippen molar-refractivity contribution in [3.63, 3.8) is 0 Å². The quantitative estimate of drug-likeness (QED) is 0.900. The molecular weight excluding hydrogens is 312 g/mol. The maximum Gasteiger partial charge on any atom is 0.358 e. The van der Waals surface area contributed by atoms with Gasteiger partial charge in [0.1, 0.15) is 6.10 Å². The number of piperidine rings is 1. The van der Waals surface area contributed by atoms with Crippen LogP contribution in [0.5, 0.6) is 11.5 Å². The van der Waals surface area contributed by atoms with E-state index in [0.29, 0.717) is 22.8 Å². The van der Waals surface area contributed by atoms with Gasteiger partial charge in [0.2, 0.25) is 0 Å². The molecule has 1 aliphatic rings. The number of carboxylic acid groups (broad SMARTS) is 1. The molecule has 1 aliphatic heterocycles. The Balaban J connectivity index is 1.85. The lowest BCUT2D eigenvalue weighted by Gasteiger charge is -2.30. The number of nitrogens with zero attached hydrogens (tertiary/aromatic N) is 2. The second-order valence-electron chi connectivity index (χ2n) is 5.89. The molecule has 1 fully saturated rings. The van der Waals surface area contributed by atoms with Crippen molar-refractivity contribution in [3.05, 3.63) is 30.0 Å². The van der Waals surface area contributed by atoms with E-state index in [4.69, 9.17) is 19.1 Å². The predicted octanol–water partition coefficient (Wildman–Crippen LogP) is 2.52.